The van der Waals surface area contributed by atoms with Crippen LogP contribution in [-0.2, 0) is 14.8 Å². The van der Waals surface area contributed by atoms with E-state index in [1.54, 1.807) is 0 Å². The Labute approximate surface area is 110 Å². The summed E-state index contributed by atoms with van der Waals surface area (Å²) in [5.41, 5.74) is 0.343. The largest absolute Gasteiger partial charge is 0.480 e. The number of rotatable bonds is 3. The molecule has 0 amide bonds. The van der Waals surface area contributed by atoms with Crippen molar-refractivity contribution in [3.8, 4) is 0 Å². The molecule has 1 aromatic carbocycles. The van der Waals surface area contributed by atoms with E-state index in [2.05, 4.69) is 0 Å². The number of hydrogen-bond donors (Lipinski definition) is 1. The van der Waals surface area contributed by atoms with Gasteiger partial charge in [-0.2, -0.15) is 4.31 Å². The predicted octanol–water partition coefficient (Wildman–Crippen LogP) is 1.37. The number of hydrogen-bond acceptors (Lipinski definition) is 3. The quantitative estimate of drug-likeness (QED) is 0.911. The predicted molar refractivity (Wildman–Crippen MR) is 65.7 cm³/mol. The SMILES string of the molecule is Cc1ccc(S(=O)(=O)N2CCC[C@@H]2C(=O)O)cc1F. The summed E-state index contributed by atoms with van der Waals surface area (Å²) in [7, 11) is -3.96. The number of aryl methyl sites for hydroxylation is 1. The van der Waals surface area contributed by atoms with Crippen molar-refractivity contribution in [1.29, 1.82) is 0 Å². The second kappa shape index (κ2) is 4.90. The highest BCUT2D eigenvalue weighted by Gasteiger charge is 2.39. The van der Waals surface area contributed by atoms with Gasteiger partial charge in [-0.3, -0.25) is 4.79 Å². The molecular formula is C12H14FNO4S. The molecule has 7 heteroatoms. The molecule has 1 saturated heterocycles. The summed E-state index contributed by atoms with van der Waals surface area (Å²) in [6.07, 6.45) is 0.771. The van der Waals surface area contributed by atoms with Crippen LogP contribution in [0.15, 0.2) is 23.1 Å². The monoisotopic (exact) mass is 287 g/mol. The zero-order chi connectivity index (χ0) is 14.2. The molecule has 5 nitrogen and oxygen atoms in total. The van der Waals surface area contributed by atoms with Crippen LogP contribution in [-0.4, -0.2) is 36.4 Å². The molecule has 1 heterocycles. The first-order valence-electron chi connectivity index (χ1n) is 5.85. The van der Waals surface area contributed by atoms with Crippen molar-refractivity contribution in [2.24, 2.45) is 0 Å². The van der Waals surface area contributed by atoms with Crippen LogP contribution in [0.25, 0.3) is 0 Å². The molecule has 1 aliphatic heterocycles. The molecule has 19 heavy (non-hydrogen) atoms. The fraction of sp³-hybridized carbons (Fsp3) is 0.417. The Morgan fingerprint density at radius 2 is 2.16 bits per heavy atom. The van der Waals surface area contributed by atoms with E-state index >= 15 is 0 Å². The highest BCUT2D eigenvalue weighted by molar-refractivity contribution is 7.89. The Morgan fingerprint density at radius 1 is 1.47 bits per heavy atom. The molecular weight excluding hydrogens is 273 g/mol. The standard InChI is InChI=1S/C12H14FNO4S/c1-8-4-5-9(7-10(8)13)19(17,18)14-6-2-3-11(14)12(15)16/h4-5,7,11H,2-3,6H2,1H3,(H,15,16)/t11-/m1/s1. The van der Waals surface area contributed by atoms with Gasteiger partial charge in [0.15, 0.2) is 0 Å². The fourth-order valence-electron chi connectivity index (χ4n) is 2.14. The molecule has 0 unspecified atom stereocenters. The lowest BCUT2D eigenvalue weighted by molar-refractivity contribution is -0.140. The second-order valence-electron chi connectivity index (χ2n) is 4.52. The van der Waals surface area contributed by atoms with Crippen LogP contribution in [0.2, 0.25) is 0 Å². The lowest BCUT2D eigenvalue weighted by Gasteiger charge is -2.21. The molecule has 2 rings (SSSR count). The van der Waals surface area contributed by atoms with Gasteiger partial charge in [-0.25, -0.2) is 12.8 Å². The first kappa shape index (κ1) is 14.0. The average molecular weight is 287 g/mol. The van der Waals surface area contributed by atoms with E-state index in [9.17, 15) is 17.6 Å². The Morgan fingerprint density at radius 3 is 2.74 bits per heavy atom. The Balaban J connectivity index is 2.42. The highest BCUT2D eigenvalue weighted by Crippen LogP contribution is 2.27. The molecule has 0 spiro atoms. The molecule has 0 aromatic heterocycles. The topological polar surface area (TPSA) is 74.7 Å². The maximum Gasteiger partial charge on any atom is 0.322 e. The Kier molecular flexibility index (Phi) is 3.60. The number of benzene rings is 1. The number of sulfonamides is 1. The number of carboxylic acids is 1. The fourth-order valence-corrected chi connectivity index (χ4v) is 3.81. The third kappa shape index (κ3) is 2.48. The average Bonchev–Trinajstić information content (AvgIpc) is 2.82. The zero-order valence-electron chi connectivity index (χ0n) is 10.3. The van der Waals surface area contributed by atoms with Crippen molar-refractivity contribution < 1.29 is 22.7 Å². The molecule has 0 radical (unpaired) electrons. The van der Waals surface area contributed by atoms with Crippen molar-refractivity contribution in [2.75, 3.05) is 6.54 Å². The maximum absolute atomic E-state index is 13.5. The van der Waals surface area contributed by atoms with Gasteiger partial charge < -0.3 is 5.11 Å². The van der Waals surface area contributed by atoms with Gasteiger partial charge in [0.05, 0.1) is 4.90 Å². The van der Waals surface area contributed by atoms with Crippen molar-refractivity contribution in [2.45, 2.75) is 30.7 Å². The van der Waals surface area contributed by atoms with Crippen molar-refractivity contribution in [3.05, 3.63) is 29.6 Å². The molecule has 1 aromatic rings. The number of carbonyl (C=O) groups is 1. The molecule has 104 valence electrons. The van der Waals surface area contributed by atoms with Crippen LogP contribution in [0.3, 0.4) is 0 Å². The first-order valence-corrected chi connectivity index (χ1v) is 7.29. The molecule has 0 aliphatic carbocycles. The van der Waals surface area contributed by atoms with Gasteiger partial charge in [0, 0.05) is 6.54 Å². The van der Waals surface area contributed by atoms with E-state index in [1.807, 2.05) is 0 Å². The van der Waals surface area contributed by atoms with Crippen LogP contribution >= 0.6 is 0 Å². The minimum absolute atomic E-state index is 0.148. The second-order valence-corrected chi connectivity index (χ2v) is 6.41. The van der Waals surface area contributed by atoms with Crippen LogP contribution in [0, 0.1) is 12.7 Å². The smallest absolute Gasteiger partial charge is 0.322 e. The Hall–Kier alpha value is -1.47. The summed E-state index contributed by atoms with van der Waals surface area (Å²) in [5.74, 6) is -1.79. The number of carboxylic acid groups (broad SMARTS) is 1. The van der Waals surface area contributed by atoms with Crippen LogP contribution in [0.1, 0.15) is 18.4 Å². The highest BCUT2D eigenvalue weighted by atomic mass is 32.2. The van der Waals surface area contributed by atoms with E-state index in [1.165, 1.54) is 19.1 Å². The summed E-state index contributed by atoms with van der Waals surface area (Å²) in [5, 5.41) is 9.01. The van der Waals surface area contributed by atoms with E-state index in [4.69, 9.17) is 5.11 Å². The van der Waals surface area contributed by atoms with Gasteiger partial charge >= 0.3 is 5.97 Å². The zero-order valence-corrected chi connectivity index (χ0v) is 11.2. The van der Waals surface area contributed by atoms with Gasteiger partial charge in [0.1, 0.15) is 11.9 Å². The lowest BCUT2D eigenvalue weighted by Crippen LogP contribution is -2.40. The minimum atomic E-state index is -3.96. The van der Waals surface area contributed by atoms with Gasteiger partial charge in [0.25, 0.3) is 0 Å². The van der Waals surface area contributed by atoms with Crippen LogP contribution in [0.4, 0.5) is 4.39 Å². The van der Waals surface area contributed by atoms with E-state index in [-0.39, 0.29) is 17.9 Å². The summed E-state index contributed by atoms with van der Waals surface area (Å²) in [6.45, 7) is 1.68. The maximum atomic E-state index is 13.5. The van der Waals surface area contributed by atoms with E-state index in [0.717, 1.165) is 10.4 Å². The number of nitrogens with zero attached hydrogens (tertiary/aromatic N) is 1. The normalized spacial score (nSPS) is 20.6. The number of aliphatic carboxylic acids is 1. The summed E-state index contributed by atoms with van der Waals surface area (Å²) in [6, 6.07) is 2.54. The minimum Gasteiger partial charge on any atom is -0.480 e. The number of halogens is 1. The first-order chi connectivity index (χ1) is 8.84. The lowest BCUT2D eigenvalue weighted by atomic mass is 10.2. The summed E-state index contributed by atoms with van der Waals surface area (Å²) in [4.78, 5) is 10.8. The van der Waals surface area contributed by atoms with Crippen LogP contribution in [0.5, 0.6) is 0 Å². The van der Waals surface area contributed by atoms with Crippen molar-refractivity contribution in [1.82, 2.24) is 4.31 Å². The van der Waals surface area contributed by atoms with Crippen LogP contribution < -0.4 is 0 Å². The van der Waals surface area contributed by atoms with Gasteiger partial charge in [0.2, 0.25) is 10.0 Å². The van der Waals surface area contributed by atoms with Gasteiger partial charge in [-0.05, 0) is 37.5 Å². The van der Waals surface area contributed by atoms with Gasteiger partial charge in [-0.1, -0.05) is 6.07 Å². The molecule has 0 bridgehead atoms. The molecule has 1 fully saturated rings. The molecule has 1 atom stereocenters. The third-order valence-electron chi connectivity index (χ3n) is 3.24. The van der Waals surface area contributed by atoms with Crippen molar-refractivity contribution in [3.63, 3.8) is 0 Å². The summed E-state index contributed by atoms with van der Waals surface area (Å²) >= 11 is 0. The third-order valence-corrected chi connectivity index (χ3v) is 5.14. The molecule has 1 N–H and O–H groups in total. The molecule has 0 saturated carbocycles. The van der Waals surface area contributed by atoms with Gasteiger partial charge in [-0.15, -0.1) is 0 Å². The van der Waals surface area contributed by atoms with E-state index in [0.29, 0.717) is 12.0 Å². The Bertz CT molecular complexity index is 614. The van der Waals surface area contributed by atoms with Crippen molar-refractivity contribution >= 4 is 16.0 Å². The van der Waals surface area contributed by atoms with E-state index < -0.39 is 27.9 Å². The summed E-state index contributed by atoms with van der Waals surface area (Å²) < 4.78 is 39.0. The molecule has 1 aliphatic rings.